The lowest BCUT2D eigenvalue weighted by atomic mass is 9.94. The molecule has 1 N–H and O–H groups in total. The minimum absolute atomic E-state index is 0.0986. The van der Waals surface area contributed by atoms with Crippen LogP contribution in [-0.4, -0.2) is 26.7 Å². The summed E-state index contributed by atoms with van der Waals surface area (Å²) in [5.41, 5.74) is 2.95. The number of nitrogens with one attached hydrogen (secondary N) is 1. The number of rotatable bonds is 6. The van der Waals surface area contributed by atoms with Crippen LogP contribution in [0.25, 0.3) is 0 Å². The Bertz CT molecular complexity index is 1070. The molecule has 0 saturated heterocycles. The van der Waals surface area contributed by atoms with Crippen LogP contribution in [0.2, 0.25) is 0 Å². The first-order valence-corrected chi connectivity index (χ1v) is 10.4. The van der Waals surface area contributed by atoms with Crippen molar-refractivity contribution in [3.05, 3.63) is 83.7 Å². The van der Waals surface area contributed by atoms with Gasteiger partial charge in [-0.3, -0.25) is 4.98 Å². The van der Waals surface area contributed by atoms with Crippen LogP contribution in [-0.2, 0) is 10.0 Å². The van der Waals surface area contributed by atoms with Gasteiger partial charge in [-0.25, -0.2) is 13.1 Å². The molecule has 1 aromatic heterocycles. The summed E-state index contributed by atoms with van der Waals surface area (Å²) in [6.45, 7) is 2.31. The van der Waals surface area contributed by atoms with E-state index >= 15 is 0 Å². The molecule has 7 heteroatoms. The van der Waals surface area contributed by atoms with E-state index in [9.17, 15) is 8.42 Å². The zero-order chi connectivity index (χ0) is 19.6. The number of sulfonamides is 1. The molecule has 28 heavy (non-hydrogen) atoms. The molecule has 0 spiro atoms. The summed E-state index contributed by atoms with van der Waals surface area (Å²) >= 11 is 0. The van der Waals surface area contributed by atoms with Gasteiger partial charge in [0.15, 0.2) is 11.5 Å². The molecule has 6 nitrogen and oxygen atoms in total. The van der Waals surface area contributed by atoms with Crippen LogP contribution in [0.5, 0.6) is 11.5 Å². The highest BCUT2D eigenvalue weighted by Gasteiger charge is 2.23. The molecule has 1 aliphatic heterocycles. The summed E-state index contributed by atoms with van der Waals surface area (Å²) in [5, 5.41) is 0. The van der Waals surface area contributed by atoms with Crippen molar-refractivity contribution in [2.45, 2.75) is 17.7 Å². The number of benzene rings is 2. The lowest BCUT2D eigenvalue weighted by Gasteiger charge is -2.18. The maximum Gasteiger partial charge on any atom is 0.240 e. The smallest absolute Gasteiger partial charge is 0.240 e. The van der Waals surface area contributed by atoms with Gasteiger partial charge in [0.2, 0.25) is 16.8 Å². The second-order valence-electron chi connectivity index (χ2n) is 6.58. The Morgan fingerprint density at radius 1 is 1.04 bits per heavy atom. The van der Waals surface area contributed by atoms with E-state index in [1.807, 2.05) is 49.4 Å². The Balaban J connectivity index is 1.59. The molecule has 0 fully saturated rings. The summed E-state index contributed by atoms with van der Waals surface area (Å²) in [4.78, 5) is 4.57. The van der Waals surface area contributed by atoms with Gasteiger partial charge in [-0.05, 0) is 36.8 Å². The van der Waals surface area contributed by atoms with Gasteiger partial charge in [0, 0.05) is 30.4 Å². The Morgan fingerprint density at radius 3 is 2.57 bits per heavy atom. The van der Waals surface area contributed by atoms with Gasteiger partial charge in [0.05, 0.1) is 4.90 Å². The minimum Gasteiger partial charge on any atom is -0.454 e. The van der Waals surface area contributed by atoms with Gasteiger partial charge < -0.3 is 9.47 Å². The summed E-state index contributed by atoms with van der Waals surface area (Å²) in [6, 6.07) is 18.3. The molecule has 0 radical (unpaired) electrons. The van der Waals surface area contributed by atoms with Crippen LogP contribution in [0.15, 0.2) is 71.8 Å². The number of hydrogen-bond donors (Lipinski definition) is 1. The van der Waals surface area contributed by atoms with Crippen LogP contribution < -0.4 is 14.2 Å². The van der Waals surface area contributed by atoms with E-state index in [-0.39, 0.29) is 24.2 Å². The largest absolute Gasteiger partial charge is 0.454 e. The normalized spacial score (nSPS) is 14.0. The van der Waals surface area contributed by atoms with E-state index in [1.54, 1.807) is 12.3 Å². The second kappa shape index (κ2) is 7.61. The molecular weight excluding hydrogens is 376 g/mol. The van der Waals surface area contributed by atoms with Crippen molar-refractivity contribution in [3.63, 3.8) is 0 Å². The van der Waals surface area contributed by atoms with Crippen molar-refractivity contribution in [3.8, 4) is 11.5 Å². The Morgan fingerprint density at radius 2 is 1.82 bits per heavy atom. The lowest BCUT2D eigenvalue weighted by Crippen LogP contribution is -2.29. The van der Waals surface area contributed by atoms with Crippen LogP contribution in [0.4, 0.5) is 0 Å². The first-order valence-electron chi connectivity index (χ1n) is 8.90. The number of nitrogens with zero attached hydrogens (tertiary/aromatic N) is 1. The third-order valence-electron chi connectivity index (χ3n) is 4.66. The molecule has 1 atom stereocenters. The standard InChI is InChI=1S/C21H20N2O4S/c1-15-5-7-16(8-6-15)18(19-4-2-3-11-22-19)13-23-28(24,25)17-9-10-20-21(12-17)27-14-26-20/h2-12,18,23H,13-14H2,1H3. The molecule has 1 unspecified atom stereocenters. The Kier molecular flexibility index (Phi) is 5.02. The Hall–Kier alpha value is -2.90. The number of hydrogen-bond acceptors (Lipinski definition) is 5. The molecule has 0 amide bonds. The van der Waals surface area contributed by atoms with Crippen LogP contribution in [0, 0.1) is 6.92 Å². The third kappa shape index (κ3) is 3.85. The average Bonchev–Trinajstić information content (AvgIpc) is 3.18. The van der Waals surface area contributed by atoms with E-state index < -0.39 is 10.0 Å². The highest BCUT2D eigenvalue weighted by Crippen LogP contribution is 2.34. The summed E-state index contributed by atoms with van der Waals surface area (Å²) < 4.78 is 38.9. The fraction of sp³-hybridized carbons (Fsp3) is 0.190. The van der Waals surface area contributed by atoms with E-state index in [1.165, 1.54) is 12.1 Å². The van der Waals surface area contributed by atoms with Gasteiger partial charge in [0.1, 0.15) is 0 Å². The fourth-order valence-corrected chi connectivity index (χ4v) is 4.16. The van der Waals surface area contributed by atoms with Gasteiger partial charge in [-0.1, -0.05) is 35.9 Å². The fourth-order valence-electron chi connectivity index (χ4n) is 3.09. The van der Waals surface area contributed by atoms with Crippen LogP contribution >= 0.6 is 0 Å². The maximum atomic E-state index is 12.8. The monoisotopic (exact) mass is 396 g/mol. The number of aryl methyl sites for hydroxylation is 1. The van der Waals surface area contributed by atoms with E-state index in [0.29, 0.717) is 11.5 Å². The highest BCUT2D eigenvalue weighted by molar-refractivity contribution is 7.89. The molecule has 2 aromatic carbocycles. The van der Waals surface area contributed by atoms with E-state index in [4.69, 9.17) is 9.47 Å². The first-order chi connectivity index (χ1) is 13.5. The molecule has 144 valence electrons. The molecule has 0 saturated carbocycles. The maximum absolute atomic E-state index is 12.8. The van der Waals surface area contributed by atoms with Gasteiger partial charge in [-0.2, -0.15) is 0 Å². The zero-order valence-corrected chi connectivity index (χ0v) is 16.1. The minimum atomic E-state index is -3.71. The van der Waals surface area contributed by atoms with Gasteiger partial charge in [0.25, 0.3) is 0 Å². The van der Waals surface area contributed by atoms with E-state index in [0.717, 1.165) is 16.8 Å². The topological polar surface area (TPSA) is 77.5 Å². The van der Waals surface area contributed by atoms with Crippen LogP contribution in [0.1, 0.15) is 22.7 Å². The number of fused-ring (bicyclic) bond motifs is 1. The van der Waals surface area contributed by atoms with Crippen LogP contribution in [0.3, 0.4) is 0 Å². The average molecular weight is 396 g/mol. The van der Waals surface area contributed by atoms with Crippen molar-refractivity contribution in [2.75, 3.05) is 13.3 Å². The van der Waals surface area contributed by atoms with E-state index in [2.05, 4.69) is 9.71 Å². The summed E-state index contributed by atoms with van der Waals surface area (Å²) in [6.07, 6.45) is 1.71. The molecule has 0 aliphatic carbocycles. The quantitative estimate of drug-likeness (QED) is 0.692. The zero-order valence-electron chi connectivity index (χ0n) is 15.3. The van der Waals surface area contributed by atoms with Crippen molar-refractivity contribution >= 4 is 10.0 Å². The highest BCUT2D eigenvalue weighted by atomic mass is 32.2. The predicted molar refractivity (Wildman–Crippen MR) is 105 cm³/mol. The second-order valence-corrected chi connectivity index (χ2v) is 8.35. The molecular formula is C21H20N2O4S. The lowest BCUT2D eigenvalue weighted by molar-refractivity contribution is 0.174. The van der Waals surface area contributed by atoms with Crippen molar-refractivity contribution in [2.24, 2.45) is 0 Å². The molecule has 0 bridgehead atoms. The van der Waals surface area contributed by atoms with Gasteiger partial charge in [-0.15, -0.1) is 0 Å². The summed E-state index contributed by atoms with van der Waals surface area (Å²) in [7, 11) is -3.71. The molecule has 3 aromatic rings. The number of pyridine rings is 1. The Labute approximate surface area is 164 Å². The number of aromatic nitrogens is 1. The van der Waals surface area contributed by atoms with Crippen molar-refractivity contribution in [1.29, 1.82) is 0 Å². The van der Waals surface area contributed by atoms with Gasteiger partial charge >= 0.3 is 0 Å². The predicted octanol–water partition coefficient (Wildman–Crippen LogP) is 3.23. The van der Waals surface area contributed by atoms with Crippen molar-refractivity contribution < 1.29 is 17.9 Å². The molecule has 2 heterocycles. The van der Waals surface area contributed by atoms with Crippen molar-refractivity contribution in [1.82, 2.24) is 9.71 Å². The third-order valence-corrected chi connectivity index (χ3v) is 6.08. The SMILES string of the molecule is Cc1ccc(C(CNS(=O)(=O)c2ccc3c(c2)OCO3)c2ccccn2)cc1. The number of ether oxygens (including phenoxy) is 2. The molecule has 1 aliphatic rings. The summed E-state index contributed by atoms with van der Waals surface area (Å²) in [5.74, 6) is 0.776. The first kappa shape index (κ1) is 18.5. The molecule has 4 rings (SSSR count).